The first-order chi connectivity index (χ1) is 17.4. The van der Waals surface area contributed by atoms with Crippen molar-refractivity contribution in [3.05, 3.63) is 30.6 Å². The molecule has 0 saturated carbocycles. The van der Waals surface area contributed by atoms with Crippen LogP contribution in [0.5, 0.6) is 0 Å². The Morgan fingerprint density at radius 2 is 1.94 bits per heavy atom. The fraction of sp³-hybridized carbons (Fsp3) is 0.538. The normalized spacial score (nSPS) is 16.3. The van der Waals surface area contributed by atoms with E-state index < -0.39 is 5.54 Å². The van der Waals surface area contributed by atoms with Crippen molar-refractivity contribution in [1.82, 2.24) is 24.8 Å². The molecular weight excluding hydrogens is 456 g/mol. The molecule has 194 valence electrons. The molecule has 4 heterocycles. The summed E-state index contributed by atoms with van der Waals surface area (Å²) < 4.78 is 5.19. The second-order valence-corrected chi connectivity index (χ2v) is 9.69. The highest BCUT2D eigenvalue weighted by Gasteiger charge is 2.24. The fourth-order valence-electron chi connectivity index (χ4n) is 4.48. The number of aliphatic hydroxyl groups is 1. The van der Waals surface area contributed by atoms with Crippen molar-refractivity contribution < 1.29 is 9.84 Å². The molecule has 10 nitrogen and oxygen atoms in total. The number of nitrogens with one attached hydrogen (secondary N) is 1. The summed E-state index contributed by atoms with van der Waals surface area (Å²) in [5.41, 5.74) is 7.91. The zero-order valence-electron chi connectivity index (χ0n) is 21.6. The lowest BCUT2D eigenvalue weighted by molar-refractivity contribution is 0.144. The van der Waals surface area contributed by atoms with Gasteiger partial charge in [0.1, 0.15) is 11.6 Å². The van der Waals surface area contributed by atoms with Crippen molar-refractivity contribution >= 4 is 28.5 Å². The second-order valence-electron chi connectivity index (χ2n) is 9.69. The number of nitrogens with two attached hydrogens (primary N) is 1. The van der Waals surface area contributed by atoms with E-state index in [9.17, 15) is 5.11 Å². The summed E-state index contributed by atoms with van der Waals surface area (Å²) in [4.78, 5) is 23.0. The molecule has 3 aromatic rings. The number of pyridine rings is 2. The Kier molecular flexibility index (Phi) is 8.50. The fourth-order valence-corrected chi connectivity index (χ4v) is 4.48. The van der Waals surface area contributed by atoms with Crippen LogP contribution >= 0.6 is 0 Å². The maximum absolute atomic E-state index is 10.0. The Morgan fingerprint density at radius 1 is 1.14 bits per heavy atom. The number of fused-ring (bicyclic) bond motifs is 1. The Hall–Kier alpha value is -3.08. The van der Waals surface area contributed by atoms with Crippen molar-refractivity contribution in [2.45, 2.75) is 38.6 Å². The number of hydrogen-bond acceptors (Lipinski definition) is 10. The third-order valence-electron chi connectivity index (χ3n) is 6.80. The van der Waals surface area contributed by atoms with Crippen LogP contribution in [0, 0.1) is 0 Å². The van der Waals surface area contributed by atoms with Crippen molar-refractivity contribution in [2.24, 2.45) is 0 Å². The lowest BCUT2D eigenvalue weighted by Gasteiger charge is -2.35. The van der Waals surface area contributed by atoms with E-state index in [1.807, 2.05) is 31.3 Å². The van der Waals surface area contributed by atoms with Gasteiger partial charge >= 0.3 is 0 Å². The molecule has 0 amide bonds. The predicted molar refractivity (Wildman–Crippen MR) is 144 cm³/mol. The number of nitrogen functional groups attached to an aromatic ring is 1. The summed E-state index contributed by atoms with van der Waals surface area (Å²) in [5.74, 6) is 1.73. The molecule has 1 aliphatic rings. The number of ether oxygens (including phenoxy) is 1. The monoisotopic (exact) mass is 494 g/mol. The minimum Gasteiger partial charge on any atom is -0.394 e. The van der Waals surface area contributed by atoms with Gasteiger partial charge in [0.2, 0.25) is 5.95 Å². The van der Waals surface area contributed by atoms with E-state index in [0.29, 0.717) is 11.3 Å². The molecule has 4 N–H and O–H groups in total. The van der Waals surface area contributed by atoms with E-state index in [-0.39, 0.29) is 12.6 Å². The molecule has 36 heavy (non-hydrogen) atoms. The van der Waals surface area contributed by atoms with Crippen LogP contribution in [0.15, 0.2) is 30.6 Å². The van der Waals surface area contributed by atoms with E-state index >= 15 is 0 Å². The summed E-state index contributed by atoms with van der Waals surface area (Å²) in [7, 11) is 1.74. The minimum absolute atomic E-state index is 0.00979. The summed E-state index contributed by atoms with van der Waals surface area (Å²) in [6.45, 7) is 9.74. The molecule has 0 aliphatic carbocycles. The Labute approximate surface area is 212 Å². The number of piperazine rings is 1. The van der Waals surface area contributed by atoms with Crippen molar-refractivity contribution in [2.75, 3.05) is 69.0 Å². The van der Waals surface area contributed by atoms with Crippen LogP contribution in [-0.2, 0) is 4.74 Å². The quantitative estimate of drug-likeness (QED) is 0.366. The Bertz CT molecular complexity index is 1130. The zero-order valence-corrected chi connectivity index (χ0v) is 21.6. The van der Waals surface area contributed by atoms with E-state index in [1.165, 1.54) is 0 Å². The van der Waals surface area contributed by atoms with E-state index in [1.54, 1.807) is 13.3 Å². The number of hydrogen-bond donors (Lipinski definition) is 3. The Balaban J connectivity index is 1.51. The molecule has 3 aromatic heterocycles. The number of anilines is 3. The van der Waals surface area contributed by atoms with Crippen LogP contribution in [0.4, 0.5) is 17.6 Å². The van der Waals surface area contributed by atoms with Gasteiger partial charge < -0.3 is 25.8 Å². The predicted octanol–water partition coefficient (Wildman–Crippen LogP) is 2.79. The molecule has 0 radical (unpaired) electrons. The van der Waals surface area contributed by atoms with Crippen molar-refractivity contribution in [3.8, 4) is 11.3 Å². The van der Waals surface area contributed by atoms with Crippen molar-refractivity contribution in [1.29, 1.82) is 0 Å². The zero-order chi connectivity index (χ0) is 25.5. The third kappa shape index (κ3) is 6.18. The number of aromatic nitrogens is 4. The maximum atomic E-state index is 10.0. The van der Waals surface area contributed by atoms with Crippen LogP contribution in [0.1, 0.15) is 33.1 Å². The average molecular weight is 495 g/mol. The SMILES string of the molecule is CCCC[C@](C)(CO)Nc1nc(N)nc2cc(-c3ccc(N4CCN(CCOC)CC4)nc3)ncc12. The molecule has 0 spiro atoms. The molecule has 0 bridgehead atoms. The summed E-state index contributed by atoms with van der Waals surface area (Å²) in [6.07, 6.45) is 6.48. The first kappa shape index (κ1) is 26.0. The maximum Gasteiger partial charge on any atom is 0.222 e. The number of aliphatic hydroxyl groups excluding tert-OH is 1. The number of rotatable bonds is 11. The van der Waals surface area contributed by atoms with Gasteiger partial charge in [-0.15, -0.1) is 0 Å². The van der Waals surface area contributed by atoms with Crippen LogP contribution in [0.25, 0.3) is 22.2 Å². The van der Waals surface area contributed by atoms with Crippen LogP contribution in [0.3, 0.4) is 0 Å². The van der Waals surface area contributed by atoms with Crippen molar-refractivity contribution in [3.63, 3.8) is 0 Å². The van der Waals surface area contributed by atoms with Gasteiger partial charge in [0, 0.05) is 57.8 Å². The van der Waals surface area contributed by atoms with Gasteiger partial charge in [-0.2, -0.15) is 4.98 Å². The van der Waals surface area contributed by atoms with Crippen LogP contribution in [0.2, 0.25) is 0 Å². The van der Waals surface area contributed by atoms with Gasteiger partial charge in [0.25, 0.3) is 0 Å². The molecule has 0 aromatic carbocycles. The largest absolute Gasteiger partial charge is 0.394 e. The molecular formula is C26H38N8O2. The smallest absolute Gasteiger partial charge is 0.222 e. The summed E-state index contributed by atoms with van der Waals surface area (Å²) >= 11 is 0. The summed E-state index contributed by atoms with van der Waals surface area (Å²) in [6, 6.07) is 6.00. The molecule has 1 saturated heterocycles. The van der Waals surface area contributed by atoms with Gasteiger partial charge in [-0.05, 0) is 31.5 Å². The van der Waals surface area contributed by atoms with Gasteiger partial charge in [0.05, 0.1) is 35.3 Å². The topological polar surface area (TPSA) is 126 Å². The van der Waals surface area contributed by atoms with E-state index in [0.717, 1.165) is 81.1 Å². The highest BCUT2D eigenvalue weighted by Crippen LogP contribution is 2.29. The first-order valence-corrected chi connectivity index (χ1v) is 12.7. The molecule has 1 fully saturated rings. The van der Waals surface area contributed by atoms with E-state index in [4.69, 9.17) is 15.5 Å². The third-order valence-corrected chi connectivity index (χ3v) is 6.80. The molecule has 0 unspecified atom stereocenters. The number of methoxy groups -OCH3 is 1. The standard InChI is InChI=1S/C26H38N8O2/c1-4-5-8-26(2,18-35)32-24-20-17-28-21(15-22(20)30-25(27)31-24)19-6-7-23(29-16-19)34-11-9-33(10-12-34)13-14-36-3/h6-7,15-17,35H,4-5,8-14,18H2,1-3H3,(H3,27,30,31,32)/t26-/m1/s1. The van der Waals surface area contributed by atoms with Crippen LogP contribution in [-0.4, -0.2) is 88.5 Å². The lowest BCUT2D eigenvalue weighted by Crippen LogP contribution is -2.47. The molecule has 1 atom stereocenters. The van der Waals surface area contributed by atoms with E-state index in [2.05, 4.69) is 37.0 Å². The minimum atomic E-state index is -0.503. The Morgan fingerprint density at radius 3 is 2.61 bits per heavy atom. The highest BCUT2D eigenvalue weighted by atomic mass is 16.5. The average Bonchev–Trinajstić information content (AvgIpc) is 2.90. The highest BCUT2D eigenvalue weighted by molar-refractivity contribution is 5.91. The second kappa shape index (κ2) is 11.8. The number of nitrogens with zero attached hydrogens (tertiary/aromatic N) is 6. The van der Waals surface area contributed by atoms with Gasteiger partial charge in [0.15, 0.2) is 0 Å². The molecule has 4 rings (SSSR count). The van der Waals surface area contributed by atoms with Gasteiger partial charge in [-0.3, -0.25) is 9.88 Å². The van der Waals surface area contributed by atoms with Gasteiger partial charge in [-0.1, -0.05) is 19.8 Å². The summed E-state index contributed by atoms with van der Waals surface area (Å²) in [5, 5.41) is 14.2. The first-order valence-electron chi connectivity index (χ1n) is 12.7. The van der Waals surface area contributed by atoms with Gasteiger partial charge in [-0.25, -0.2) is 9.97 Å². The van der Waals surface area contributed by atoms with Crippen LogP contribution < -0.4 is 16.0 Å². The molecule has 10 heteroatoms. The molecule has 1 aliphatic heterocycles. The lowest BCUT2D eigenvalue weighted by atomic mass is 9.95. The number of unbranched alkanes of at least 4 members (excludes halogenated alkanes) is 1.